The molecule has 1 aromatic carbocycles. The molecule has 0 radical (unpaired) electrons. The number of aromatic nitrogens is 1. The van der Waals surface area contributed by atoms with E-state index >= 15 is 0 Å². The zero-order valence-corrected chi connectivity index (χ0v) is 12.6. The van der Waals surface area contributed by atoms with Crippen molar-refractivity contribution < 1.29 is 9.53 Å². The van der Waals surface area contributed by atoms with Crippen molar-refractivity contribution >= 4 is 16.9 Å². The number of hydrogen-bond donors (Lipinski definition) is 1. The van der Waals surface area contributed by atoms with E-state index in [9.17, 15) is 9.59 Å². The van der Waals surface area contributed by atoms with E-state index in [1.807, 2.05) is 12.1 Å². The van der Waals surface area contributed by atoms with Crippen molar-refractivity contribution in [3.8, 4) is 0 Å². The predicted molar refractivity (Wildman–Crippen MR) is 83.8 cm³/mol. The minimum absolute atomic E-state index is 0.159. The van der Waals surface area contributed by atoms with E-state index in [0.717, 1.165) is 24.8 Å². The highest BCUT2D eigenvalue weighted by atomic mass is 16.5. The van der Waals surface area contributed by atoms with Crippen molar-refractivity contribution in [1.82, 2.24) is 4.98 Å². The van der Waals surface area contributed by atoms with Crippen LogP contribution in [0.5, 0.6) is 0 Å². The van der Waals surface area contributed by atoms with Crippen LogP contribution in [0.1, 0.15) is 49.2 Å². The molecule has 2 rings (SSSR count). The van der Waals surface area contributed by atoms with Crippen molar-refractivity contribution in [3.63, 3.8) is 0 Å². The van der Waals surface area contributed by atoms with Gasteiger partial charge in [-0.3, -0.25) is 4.79 Å². The van der Waals surface area contributed by atoms with Gasteiger partial charge in [-0.25, -0.2) is 4.79 Å². The Bertz CT molecular complexity index is 688. The summed E-state index contributed by atoms with van der Waals surface area (Å²) in [5.74, 6) is -0.531. The largest absolute Gasteiger partial charge is 0.462 e. The van der Waals surface area contributed by atoms with Gasteiger partial charge in [0.25, 0.3) is 0 Å². The first-order chi connectivity index (χ1) is 10.2. The average Bonchev–Trinajstić information content (AvgIpc) is 2.48. The van der Waals surface area contributed by atoms with Crippen LogP contribution in [-0.4, -0.2) is 17.6 Å². The van der Waals surface area contributed by atoms with Crippen LogP contribution in [0.3, 0.4) is 0 Å². The predicted octanol–water partition coefficient (Wildman–Crippen LogP) is 3.44. The highest BCUT2D eigenvalue weighted by molar-refractivity contribution is 5.95. The summed E-state index contributed by atoms with van der Waals surface area (Å²) in [7, 11) is 0. The normalized spacial score (nSPS) is 10.8. The van der Waals surface area contributed by atoms with E-state index in [1.165, 1.54) is 0 Å². The first-order valence-electron chi connectivity index (χ1n) is 7.50. The monoisotopic (exact) mass is 287 g/mol. The Kier molecular flexibility index (Phi) is 5.14. The minimum Gasteiger partial charge on any atom is -0.462 e. The number of carbonyl (C=O) groups excluding carboxylic acids is 1. The maximum Gasteiger partial charge on any atom is 0.343 e. The topological polar surface area (TPSA) is 59.2 Å². The molecule has 0 atom stereocenters. The first kappa shape index (κ1) is 15.3. The molecule has 4 nitrogen and oxygen atoms in total. The first-order valence-corrected chi connectivity index (χ1v) is 7.50. The number of hydrogen-bond acceptors (Lipinski definition) is 3. The molecule has 0 aliphatic heterocycles. The summed E-state index contributed by atoms with van der Waals surface area (Å²) < 4.78 is 5.05. The van der Waals surface area contributed by atoms with Gasteiger partial charge in [0.1, 0.15) is 5.56 Å². The highest BCUT2D eigenvalue weighted by Crippen LogP contribution is 2.15. The molecule has 4 heteroatoms. The lowest BCUT2D eigenvalue weighted by molar-refractivity contribution is 0.0523. The molecule has 0 fully saturated rings. The Morgan fingerprint density at radius 2 is 1.95 bits per heavy atom. The number of ether oxygens (including phenoxy) is 1. The smallest absolute Gasteiger partial charge is 0.343 e. The summed E-state index contributed by atoms with van der Waals surface area (Å²) >= 11 is 0. The van der Waals surface area contributed by atoms with E-state index in [0.29, 0.717) is 17.5 Å². The Labute approximate surface area is 124 Å². The van der Waals surface area contributed by atoms with Gasteiger partial charge in [0, 0.05) is 16.6 Å². The van der Waals surface area contributed by atoms with Crippen LogP contribution in [0, 0.1) is 0 Å². The zero-order chi connectivity index (χ0) is 15.2. The van der Waals surface area contributed by atoms with Crippen molar-refractivity contribution in [2.75, 3.05) is 6.61 Å². The van der Waals surface area contributed by atoms with Gasteiger partial charge in [0.2, 0.25) is 5.43 Å². The van der Waals surface area contributed by atoms with Crippen LogP contribution in [0.4, 0.5) is 0 Å². The van der Waals surface area contributed by atoms with Crippen molar-refractivity contribution in [2.45, 2.75) is 39.5 Å². The molecule has 0 bridgehead atoms. The molecule has 0 amide bonds. The van der Waals surface area contributed by atoms with Crippen molar-refractivity contribution in [1.29, 1.82) is 0 Å². The Morgan fingerprint density at radius 1 is 1.19 bits per heavy atom. The molecule has 0 aliphatic carbocycles. The van der Waals surface area contributed by atoms with Crippen LogP contribution in [0.15, 0.2) is 29.1 Å². The molecule has 0 saturated heterocycles. The van der Waals surface area contributed by atoms with Crippen molar-refractivity contribution in [3.05, 3.63) is 45.7 Å². The number of benzene rings is 1. The number of unbranched alkanes of at least 4 members (excludes halogenated alkanes) is 2. The van der Waals surface area contributed by atoms with Gasteiger partial charge in [0.15, 0.2) is 0 Å². The summed E-state index contributed by atoms with van der Waals surface area (Å²) in [5.41, 5.74) is 1.37. The van der Waals surface area contributed by atoms with Crippen molar-refractivity contribution in [2.24, 2.45) is 0 Å². The molecule has 0 unspecified atom stereocenters. The quantitative estimate of drug-likeness (QED) is 0.654. The Morgan fingerprint density at radius 3 is 2.67 bits per heavy atom. The van der Waals surface area contributed by atoms with E-state index in [4.69, 9.17) is 4.74 Å². The molecule has 0 aliphatic rings. The fourth-order valence-electron chi connectivity index (χ4n) is 2.45. The second kappa shape index (κ2) is 7.07. The van der Waals surface area contributed by atoms with Gasteiger partial charge in [-0.15, -0.1) is 0 Å². The second-order valence-electron chi connectivity index (χ2n) is 5.03. The number of aromatic amines is 1. The zero-order valence-electron chi connectivity index (χ0n) is 12.6. The SMILES string of the molecule is CCCCCc1[nH]c2ccccc2c(=O)c1C(=O)OCC. The lowest BCUT2D eigenvalue weighted by atomic mass is 10.0. The Balaban J connectivity index is 2.54. The van der Waals surface area contributed by atoms with Gasteiger partial charge >= 0.3 is 5.97 Å². The van der Waals surface area contributed by atoms with Gasteiger partial charge in [-0.05, 0) is 31.9 Å². The number of H-pyrrole nitrogens is 1. The fraction of sp³-hybridized carbons (Fsp3) is 0.412. The molecule has 2 aromatic rings. The molecule has 0 saturated carbocycles. The third kappa shape index (κ3) is 3.32. The van der Waals surface area contributed by atoms with Crippen LogP contribution >= 0.6 is 0 Å². The van der Waals surface area contributed by atoms with Gasteiger partial charge in [0.05, 0.1) is 6.61 Å². The van der Waals surface area contributed by atoms with Crippen LogP contribution in [-0.2, 0) is 11.2 Å². The third-order valence-corrected chi connectivity index (χ3v) is 3.50. The number of nitrogens with one attached hydrogen (secondary N) is 1. The molecule has 0 spiro atoms. The summed E-state index contributed by atoms with van der Waals surface area (Å²) in [6.45, 7) is 4.12. The fourth-order valence-corrected chi connectivity index (χ4v) is 2.45. The molecule has 1 N–H and O–H groups in total. The average molecular weight is 287 g/mol. The molecule has 21 heavy (non-hydrogen) atoms. The lowest BCUT2D eigenvalue weighted by Crippen LogP contribution is -2.22. The molecular formula is C17H21NO3. The molecular weight excluding hydrogens is 266 g/mol. The van der Waals surface area contributed by atoms with E-state index in [1.54, 1.807) is 19.1 Å². The van der Waals surface area contributed by atoms with Crippen LogP contribution in [0.25, 0.3) is 10.9 Å². The maximum absolute atomic E-state index is 12.6. The van der Waals surface area contributed by atoms with Crippen LogP contribution < -0.4 is 5.43 Å². The standard InChI is InChI=1S/C17H21NO3/c1-3-5-6-11-14-15(17(20)21-4-2)16(19)12-9-7-8-10-13(12)18-14/h7-10H,3-6,11H2,1-2H3,(H,18,19). The number of pyridine rings is 1. The maximum atomic E-state index is 12.6. The summed E-state index contributed by atoms with van der Waals surface area (Å²) in [4.78, 5) is 27.9. The number of aryl methyl sites for hydroxylation is 1. The van der Waals surface area contributed by atoms with Gasteiger partial charge in [-0.1, -0.05) is 31.9 Å². The van der Waals surface area contributed by atoms with Gasteiger partial charge < -0.3 is 9.72 Å². The summed E-state index contributed by atoms with van der Waals surface area (Å²) in [5, 5.41) is 0.528. The van der Waals surface area contributed by atoms with E-state index < -0.39 is 5.97 Å². The molecule has 1 heterocycles. The minimum atomic E-state index is -0.531. The molecule has 1 aromatic heterocycles. The van der Waals surface area contributed by atoms with Crippen LogP contribution in [0.2, 0.25) is 0 Å². The number of fused-ring (bicyclic) bond motifs is 1. The number of esters is 1. The second-order valence-corrected chi connectivity index (χ2v) is 5.03. The Hall–Kier alpha value is -2.10. The number of carbonyl (C=O) groups is 1. The summed E-state index contributed by atoms with van der Waals surface area (Å²) in [6, 6.07) is 7.25. The highest BCUT2D eigenvalue weighted by Gasteiger charge is 2.19. The van der Waals surface area contributed by atoms with Gasteiger partial charge in [-0.2, -0.15) is 0 Å². The molecule has 112 valence electrons. The van der Waals surface area contributed by atoms with E-state index in [2.05, 4.69) is 11.9 Å². The lowest BCUT2D eigenvalue weighted by Gasteiger charge is -2.10. The summed E-state index contributed by atoms with van der Waals surface area (Å²) in [6.07, 6.45) is 3.78. The number of para-hydroxylation sites is 1. The third-order valence-electron chi connectivity index (χ3n) is 3.50. The van der Waals surface area contributed by atoms with E-state index in [-0.39, 0.29) is 17.6 Å². The number of rotatable bonds is 6.